The van der Waals surface area contributed by atoms with E-state index in [2.05, 4.69) is 10.6 Å². The van der Waals surface area contributed by atoms with E-state index in [0.717, 1.165) is 16.7 Å². The Morgan fingerprint density at radius 2 is 1.34 bits per heavy atom. The summed E-state index contributed by atoms with van der Waals surface area (Å²) in [7, 11) is 0. The summed E-state index contributed by atoms with van der Waals surface area (Å²) < 4.78 is 0. The van der Waals surface area contributed by atoms with Gasteiger partial charge >= 0.3 is 0 Å². The summed E-state index contributed by atoms with van der Waals surface area (Å²) in [5.74, 6) is -0.742. The number of anilines is 1. The second kappa shape index (κ2) is 9.66. The Bertz CT molecular complexity index is 958. The van der Waals surface area contributed by atoms with Gasteiger partial charge in [0.1, 0.15) is 6.42 Å². The average molecular weight is 387 g/mol. The summed E-state index contributed by atoms with van der Waals surface area (Å²) in [5.41, 5.74) is 9.91. The second-order valence-electron chi connectivity index (χ2n) is 6.93. The van der Waals surface area contributed by atoms with Gasteiger partial charge in [0.05, 0.1) is 12.1 Å². The highest BCUT2D eigenvalue weighted by Gasteiger charge is 2.24. The molecule has 148 valence electrons. The van der Waals surface area contributed by atoms with Gasteiger partial charge in [0.25, 0.3) is 0 Å². The van der Waals surface area contributed by atoms with Crippen molar-refractivity contribution < 1.29 is 9.59 Å². The van der Waals surface area contributed by atoms with Crippen LogP contribution in [0, 0.1) is 6.92 Å². The highest BCUT2D eigenvalue weighted by molar-refractivity contribution is 6.03. The van der Waals surface area contributed by atoms with Gasteiger partial charge in [-0.3, -0.25) is 9.59 Å². The number of carbonyl (C=O) groups is 2. The van der Waals surface area contributed by atoms with Gasteiger partial charge in [-0.1, -0.05) is 78.9 Å². The predicted molar refractivity (Wildman–Crippen MR) is 115 cm³/mol. The molecule has 5 nitrogen and oxygen atoms in total. The maximum atomic E-state index is 12.6. The molecule has 0 aliphatic rings. The molecule has 0 bridgehead atoms. The molecular weight excluding hydrogens is 362 g/mol. The van der Waals surface area contributed by atoms with Gasteiger partial charge in [0.2, 0.25) is 11.8 Å². The van der Waals surface area contributed by atoms with Crippen molar-refractivity contribution in [2.75, 3.05) is 5.32 Å². The fourth-order valence-corrected chi connectivity index (χ4v) is 3.19. The Labute approximate surface area is 170 Å². The number of hydrogen-bond donors (Lipinski definition) is 3. The van der Waals surface area contributed by atoms with Gasteiger partial charge in [0, 0.05) is 5.69 Å². The van der Waals surface area contributed by atoms with Gasteiger partial charge in [-0.25, -0.2) is 0 Å². The smallest absolute Gasteiger partial charge is 0.233 e. The van der Waals surface area contributed by atoms with E-state index in [0.29, 0.717) is 5.69 Å². The Morgan fingerprint density at radius 3 is 1.97 bits per heavy atom. The summed E-state index contributed by atoms with van der Waals surface area (Å²) in [6.07, 6.45) is -0.279. The Hall–Kier alpha value is -3.44. The van der Waals surface area contributed by atoms with Crippen molar-refractivity contribution in [1.29, 1.82) is 0 Å². The molecule has 3 aromatic carbocycles. The molecule has 29 heavy (non-hydrogen) atoms. The number of rotatable bonds is 7. The highest BCUT2D eigenvalue weighted by atomic mass is 16.2. The van der Waals surface area contributed by atoms with Crippen LogP contribution in [0.5, 0.6) is 0 Å². The van der Waals surface area contributed by atoms with Gasteiger partial charge in [-0.2, -0.15) is 0 Å². The number of carbonyl (C=O) groups excluding carboxylic acids is 2. The molecule has 0 aliphatic carbocycles. The number of para-hydroxylation sites is 1. The summed E-state index contributed by atoms with van der Waals surface area (Å²) in [6, 6.07) is 25.7. The number of nitrogens with two attached hydrogens (primary N) is 1. The zero-order valence-electron chi connectivity index (χ0n) is 16.3. The van der Waals surface area contributed by atoms with E-state index in [-0.39, 0.29) is 18.2 Å². The molecular formula is C24H25N3O2. The first kappa shape index (κ1) is 20.3. The monoisotopic (exact) mass is 387 g/mol. The third kappa shape index (κ3) is 5.53. The molecule has 0 aromatic heterocycles. The van der Waals surface area contributed by atoms with Crippen LogP contribution in [-0.4, -0.2) is 11.8 Å². The van der Waals surface area contributed by atoms with E-state index >= 15 is 0 Å². The quantitative estimate of drug-likeness (QED) is 0.538. The van der Waals surface area contributed by atoms with E-state index < -0.39 is 12.1 Å². The van der Waals surface area contributed by atoms with Crippen LogP contribution in [0.15, 0.2) is 84.9 Å². The average Bonchev–Trinajstić information content (AvgIpc) is 2.74. The van der Waals surface area contributed by atoms with Crippen LogP contribution < -0.4 is 16.4 Å². The Kier molecular flexibility index (Phi) is 6.76. The molecule has 2 amide bonds. The first-order valence-electron chi connectivity index (χ1n) is 9.55. The molecule has 0 fully saturated rings. The summed E-state index contributed by atoms with van der Waals surface area (Å²) >= 11 is 0. The normalized spacial score (nSPS) is 12.6. The molecule has 0 unspecified atom stereocenters. The number of hydrogen-bond acceptors (Lipinski definition) is 3. The maximum Gasteiger partial charge on any atom is 0.233 e. The van der Waals surface area contributed by atoms with Gasteiger partial charge in [-0.05, 0) is 29.7 Å². The Balaban J connectivity index is 1.71. The Morgan fingerprint density at radius 1 is 0.793 bits per heavy atom. The van der Waals surface area contributed by atoms with Crippen LogP contribution >= 0.6 is 0 Å². The van der Waals surface area contributed by atoms with Crippen molar-refractivity contribution in [2.45, 2.75) is 25.4 Å². The third-order valence-corrected chi connectivity index (χ3v) is 4.76. The van der Waals surface area contributed by atoms with E-state index in [4.69, 9.17) is 5.73 Å². The van der Waals surface area contributed by atoms with Crippen LogP contribution in [0.3, 0.4) is 0 Å². The fourth-order valence-electron chi connectivity index (χ4n) is 3.19. The highest BCUT2D eigenvalue weighted by Crippen LogP contribution is 2.26. The van der Waals surface area contributed by atoms with Gasteiger partial charge < -0.3 is 16.4 Å². The van der Waals surface area contributed by atoms with Crippen molar-refractivity contribution in [3.63, 3.8) is 0 Å². The van der Waals surface area contributed by atoms with Crippen LogP contribution in [0.1, 0.15) is 35.2 Å². The number of aryl methyl sites for hydroxylation is 1. The van der Waals surface area contributed by atoms with Crippen molar-refractivity contribution in [3.8, 4) is 0 Å². The summed E-state index contributed by atoms with van der Waals surface area (Å²) in [5, 5.41) is 5.72. The van der Waals surface area contributed by atoms with Crippen molar-refractivity contribution in [1.82, 2.24) is 5.32 Å². The predicted octanol–water partition coefficient (Wildman–Crippen LogP) is 3.88. The number of amides is 2. The van der Waals surface area contributed by atoms with E-state index in [9.17, 15) is 9.59 Å². The van der Waals surface area contributed by atoms with Crippen molar-refractivity contribution in [2.24, 2.45) is 5.73 Å². The standard InChI is InChI=1S/C24H25N3O2/c1-17-10-8-9-15-20(17)26-21(28)16-22(29)27-24(19-13-6-3-7-14-19)23(25)18-11-4-2-5-12-18/h2-15,23-24H,16,25H2,1H3,(H,26,28)(H,27,29)/t23-,24-/m1/s1. The first-order chi connectivity index (χ1) is 14.0. The van der Waals surface area contributed by atoms with Crippen molar-refractivity contribution in [3.05, 3.63) is 102 Å². The number of benzene rings is 3. The molecule has 5 heteroatoms. The van der Waals surface area contributed by atoms with Gasteiger partial charge in [0.15, 0.2) is 0 Å². The molecule has 0 saturated carbocycles. The lowest BCUT2D eigenvalue weighted by Gasteiger charge is -2.26. The lowest BCUT2D eigenvalue weighted by atomic mass is 9.94. The minimum atomic E-state index is -0.447. The van der Waals surface area contributed by atoms with Crippen LogP contribution in [0.4, 0.5) is 5.69 Å². The zero-order chi connectivity index (χ0) is 20.6. The van der Waals surface area contributed by atoms with Crippen LogP contribution in [0.2, 0.25) is 0 Å². The molecule has 0 aliphatic heterocycles. The molecule has 0 saturated heterocycles. The molecule has 2 atom stereocenters. The SMILES string of the molecule is Cc1ccccc1NC(=O)CC(=O)N[C@H](c1ccccc1)[C@H](N)c1ccccc1. The molecule has 4 N–H and O–H groups in total. The van der Waals surface area contributed by atoms with Crippen LogP contribution in [0.25, 0.3) is 0 Å². The topological polar surface area (TPSA) is 84.2 Å². The van der Waals surface area contributed by atoms with E-state index in [1.165, 1.54) is 0 Å². The summed E-state index contributed by atoms with van der Waals surface area (Å²) in [6.45, 7) is 1.90. The molecule has 3 aromatic rings. The van der Waals surface area contributed by atoms with E-state index in [1.807, 2.05) is 91.9 Å². The van der Waals surface area contributed by atoms with Crippen molar-refractivity contribution >= 4 is 17.5 Å². The molecule has 3 rings (SSSR count). The lowest BCUT2D eigenvalue weighted by molar-refractivity contribution is -0.127. The molecule has 0 heterocycles. The van der Waals surface area contributed by atoms with E-state index in [1.54, 1.807) is 0 Å². The minimum Gasteiger partial charge on any atom is -0.347 e. The largest absolute Gasteiger partial charge is 0.347 e. The second-order valence-corrected chi connectivity index (χ2v) is 6.93. The fraction of sp³-hybridized carbons (Fsp3) is 0.167. The van der Waals surface area contributed by atoms with Gasteiger partial charge in [-0.15, -0.1) is 0 Å². The lowest BCUT2D eigenvalue weighted by Crippen LogP contribution is -2.37. The number of nitrogens with one attached hydrogen (secondary N) is 2. The molecule has 0 spiro atoms. The summed E-state index contributed by atoms with van der Waals surface area (Å²) in [4.78, 5) is 25.0. The molecule has 0 radical (unpaired) electrons. The zero-order valence-corrected chi connectivity index (χ0v) is 16.3. The van der Waals surface area contributed by atoms with Crippen LogP contribution in [-0.2, 0) is 9.59 Å². The third-order valence-electron chi connectivity index (χ3n) is 4.76. The minimum absolute atomic E-state index is 0.279. The maximum absolute atomic E-state index is 12.6. The first-order valence-corrected chi connectivity index (χ1v) is 9.55.